The van der Waals surface area contributed by atoms with Crippen molar-refractivity contribution < 1.29 is 19.4 Å². The molecule has 0 saturated carbocycles. The van der Waals surface area contributed by atoms with E-state index >= 15 is 0 Å². The minimum absolute atomic E-state index is 0.0856. The molecule has 1 heterocycles. The first-order valence-electron chi connectivity index (χ1n) is 5.71. The van der Waals surface area contributed by atoms with Crippen LogP contribution in [0.2, 0.25) is 0 Å². The first-order valence-corrected chi connectivity index (χ1v) is 5.71. The number of rotatable bonds is 4. The Morgan fingerprint density at radius 3 is 2.71 bits per heavy atom. The van der Waals surface area contributed by atoms with Crippen molar-refractivity contribution in [1.82, 2.24) is 4.90 Å². The van der Waals surface area contributed by atoms with Crippen LogP contribution in [0.1, 0.15) is 26.7 Å². The number of carboxylic acid groups (broad SMARTS) is 1. The van der Waals surface area contributed by atoms with Gasteiger partial charge in [0.1, 0.15) is 0 Å². The second-order valence-electron chi connectivity index (χ2n) is 4.89. The van der Waals surface area contributed by atoms with E-state index in [9.17, 15) is 9.59 Å². The third-order valence-corrected chi connectivity index (χ3v) is 2.90. The van der Waals surface area contributed by atoms with Crippen LogP contribution in [0.3, 0.4) is 0 Å². The lowest BCUT2D eigenvalue weighted by Crippen LogP contribution is -2.59. The predicted octanol–water partition coefficient (Wildman–Crippen LogP) is -0.184. The molecule has 1 amide bonds. The van der Waals surface area contributed by atoms with Crippen molar-refractivity contribution in [3.05, 3.63) is 0 Å². The fourth-order valence-electron chi connectivity index (χ4n) is 1.87. The van der Waals surface area contributed by atoms with Crippen molar-refractivity contribution in [2.75, 3.05) is 19.8 Å². The van der Waals surface area contributed by atoms with Gasteiger partial charge in [-0.25, -0.2) is 0 Å². The molecule has 0 aromatic carbocycles. The molecule has 0 aromatic heterocycles. The van der Waals surface area contributed by atoms with Gasteiger partial charge in [0, 0.05) is 13.0 Å². The number of morpholine rings is 1. The lowest BCUT2D eigenvalue weighted by Gasteiger charge is -2.43. The Morgan fingerprint density at radius 2 is 2.18 bits per heavy atom. The van der Waals surface area contributed by atoms with Crippen LogP contribution >= 0.6 is 0 Å². The van der Waals surface area contributed by atoms with E-state index in [-0.39, 0.29) is 24.3 Å². The summed E-state index contributed by atoms with van der Waals surface area (Å²) >= 11 is 0. The summed E-state index contributed by atoms with van der Waals surface area (Å²) < 4.78 is 5.31. The largest absolute Gasteiger partial charge is 0.481 e. The van der Waals surface area contributed by atoms with Gasteiger partial charge in [-0.3, -0.25) is 9.59 Å². The molecule has 0 radical (unpaired) electrons. The summed E-state index contributed by atoms with van der Waals surface area (Å²) in [5.41, 5.74) is 5.34. The number of ether oxygens (including phenoxy) is 1. The number of hydrogen-bond donors (Lipinski definition) is 2. The summed E-state index contributed by atoms with van der Waals surface area (Å²) in [4.78, 5) is 24.2. The summed E-state index contributed by atoms with van der Waals surface area (Å²) in [6, 6.07) is -0.747. The van der Waals surface area contributed by atoms with Gasteiger partial charge in [-0.05, 0) is 20.3 Å². The smallest absolute Gasteiger partial charge is 0.303 e. The molecule has 17 heavy (non-hydrogen) atoms. The first-order chi connectivity index (χ1) is 7.84. The minimum atomic E-state index is -0.936. The number of nitrogens with zero attached hydrogens (tertiary/aromatic N) is 1. The Balaban J connectivity index is 2.58. The molecule has 1 saturated heterocycles. The van der Waals surface area contributed by atoms with Crippen molar-refractivity contribution >= 4 is 11.9 Å². The van der Waals surface area contributed by atoms with E-state index in [0.29, 0.717) is 19.8 Å². The van der Waals surface area contributed by atoms with Crippen LogP contribution in [0.5, 0.6) is 0 Å². The molecule has 1 fully saturated rings. The van der Waals surface area contributed by atoms with Crippen molar-refractivity contribution in [2.24, 2.45) is 5.73 Å². The number of amides is 1. The van der Waals surface area contributed by atoms with E-state index in [1.165, 1.54) is 0 Å². The molecule has 1 atom stereocenters. The van der Waals surface area contributed by atoms with E-state index in [0.717, 1.165) is 0 Å². The quantitative estimate of drug-likeness (QED) is 0.715. The number of carboxylic acids is 1. The van der Waals surface area contributed by atoms with Crippen LogP contribution in [0.15, 0.2) is 0 Å². The highest BCUT2D eigenvalue weighted by Crippen LogP contribution is 2.20. The maximum atomic E-state index is 12.1. The van der Waals surface area contributed by atoms with Crippen LogP contribution < -0.4 is 5.73 Å². The van der Waals surface area contributed by atoms with Crippen LogP contribution in [-0.4, -0.2) is 53.2 Å². The lowest BCUT2D eigenvalue weighted by molar-refractivity contribution is -0.148. The van der Waals surface area contributed by atoms with Gasteiger partial charge in [-0.15, -0.1) is 0 Å². The van der Waals surface area contributed by atoms with E-state index in [4.69, 9.17) is 15.6 Å². The van der Waals surface area contributed by atoms with E-state index in [1.54, 1.807) is 4.90 Å². The zero-order valence-corrected chi connectivity index (χ0v) is 10.3. The fourth-order valence-corrected chi connectivity index (χ4v) is 1.87. The molecule has 1 unspecified atom stereocenters. The minimum Gasteiger partial charge on any atom is -0.481 e. The molecule has 0 aliphatic carbocycles. The molecule has 6 heteroatoms. The number of hydrogen-bond acceptors (Lipinski definition) is 4. The van der Waals surface area contributed by atoms with Crippen molar-refractivity contribution in [3.8, 4) is 0 Å². The molecule has 0 bridgehead atoms. The molecule has 1 aliphatic heterocycles. The summed E-state index contributed by atoms with van der Waals surface area (Å²) in [5, 5.41) is 8.56. The Bertz CT molecular complexity index is 304. The zero-order chi connectivity index (χ0) is 13.1. The topological polar surface area (TPSA) is 92.9 Å². The van der Waals surface area contributed by atoms with Crippen LogP contribution in [0.4, 0.5) is 0 Å². The van der Waals surface area contributed by atoms with Gasteiger partial charge in [0.25, 0.3) is 0 Å². The maximum Gasteiger partial charge on any atom is 0.303 e. The molecule has 1 rings (SSSR count). The summed E-state index contributed by atoms with van der Waals surface area (Å²) in [7, 11) is 0. The third kappa shape index (κ3) is 3.67. The summed E-state index contributed by atoms with van der Waals surface area (Å²) in [5.74, 6) is -1.13. The van der Waals surface area contributed by atoms with Gasteiger partial charge in [0.2, 0.25) is 5.91 Å². The van der Waals surface area contributed by atoms with Gasteiger partial charge in [-0.2, -0.15) is 0 Å². The van der Waals surface area contributed by atoms with Crippen LogP contribution in [-0.2, 0) is 14.3 Å². The van der Waals surface area contributed by atoms with Gasteiger partial charge < -0.3 is 20.5 Å². The van der Waals surface area contributed by atoms with Crippen molar-refractivity contribution in [1.29, 1.82) is 0 Å². The molecule has 0 aromatic rings. The average Bonchev–Trinajstić information content (AvgIpc) is 2.24. The highest BCUT2D eigenvalue weighted by molar-refractivity contribution is 5.83. The fraction of sp³-hybridized carbons (Fsp3) is 0.818. The molecule has 1 aliphatic rings. The van der Waals surface area contributed by atoms with Gasteiger partial charge in [0.15, 0.2) is 0 Å². The van der Waals surface area contributed by atoms with Gasteiger partial charge in [0.05, 0.1) is 24.8 Å². The van der Waals surface area contributed by atoms with Gasteiger partial charge in [-0.1, -0.05) is 0 Å². The predicted molar refractivity (Wildman–Crippen MR) is 61.5 cm³/mol. The highest BCUT2D eigenvalue weighted by atomic mass is 16.5. The standard InChI is InChI=1S/C11H20N2O4/c1-11(2)7-17-6-5-13(11)10(16)8(12)3-4-9(14)15/h8H,3-7,12H2,1-2H3,(H,14,15). The van der Waals surface area contributed by atoms with Crippen molar-refractivity contribution in [3.63, 3.8) is 0 Å². The number of nitrogens with two attached hydrogens (primary N) is 1. The number of aliphatic carboxylic acids is 1. The Hall–Kier alpha value is -1.14. The molecule has 3 N–H and O–H groups in total. The Kier molecular flexibility index (Phi) is 4.47. The lowest BCUT2D eigenvalue weighted by atomic mass is 10.00. The maximum absolute atomic E-state index is 12.1. The number of carbonyl (C=O) groups excluding carboxylic acids is 1. The van der Waals surface area contributed by atoms with E-state index < -0.39 is 12.0 Å². The van der Waals surface area contributed by atoms with E-state index in [2.05, 4.69) is 0 Å². The first kappa shape index (κ1) is 13.9. The van der Waals surface area contributed by atoms with Crippen LogP contribution in [0, 0.1) is 0 Å². The second kappa shape index (κ2) is 5.46. The average molecular weight is 244 g/mol. The molecule has 98 valence electrons. The molecular formula is C11H20N2O4. The molecular weight excluding hydrogens is 224 g/mol. The normalized spacial score (nSPS) is 21.0. The van der Waals surface area contributed by atoms with Gasteiger partial charge >= 0.3 is 5.97 Å². The summed E-state index contributed by atoms with van der Waals surface area (Å²) in [6.45, 7) is 5.31. The van der Waals surface area contributed by atoms with Crippen molar-refractivity contribution in [2.45, 2.75) is 38.3 Å². The monoisotopic (exact) mass is 244 g/mol. The Morgan fingerprint density at radius 1 is 1.53 bits per heavy atom. The van der Waals surface area contributed by atoms with Crippen LogP contribution in [0.25, 0.3) is 0 Å². The molecule has 0 spiro atoms. The Labute approximate surface area is 101 Å². The highest BCUT2D eigenvalue weighted by Gasteiger charge is 2.36. The zero-order valence-electron chi connectivity index (χ0n) is 10.3. The van der Waals surface area contributed by atoms with E-state index in [1.807, 2.05) is 13.8 Å². The number of carbonyl (C=O) groups is 2. The second-order valence-corrected chi connectivity index (χ2v) is 4.89. The SMILES string of the molecule is CC1(C)COCCN1C(=O)C(N)CCC(=O)O. The summed E-state index contributed by atoms with van der Waals surface area (Å²) in [6.07, 6.45) is 0.0826. The molecule has 6 nitrogen and oxygen atoms in total. The third-order valence-electron chi connectivity index (χ3n) is 2.90.